The molecule has 0 spiro atoms. The molecule has 6 heteroatoms. The summed E-state index contributed by atoms with van der Waals surface area (Å²) >= 11 is 5.15. The maximum atomic E-state index is 12.9. The Bertz CT molecular complexity index is 692. The Morgan fingerprint density at radius 2 is 1.95 bits per heavy atom. The molecule has 0 radical (unpaired) electrons. The summed E-state index contributed by atoms with van der Waals surface area (Å²) < 4.78 is 12.9. The van der Waals surface area contributed by atoms with Gasteiger partial charge in [0.2, 0.25) is 0 Å². The Morgan fingerprint density at radius 3 is 2.60 bits per heavy atom. The van der Waals surface area contributed by atoms with E-state index in [4.69, 9.17) is 12.2 Å². The quantitative estimate of drug-likeness (QED) is 0.659. The molecular weight excluding hydrogens is 277 g/mol. The number of hydrogen-bond donors (Lipinski definition) is 2. The van der Waals surface area contributed by atoms with Crippen LogP contribution in [0, 0.1) is 5.82 Å². The van der Waals surface area contributed by atoms with Gasteiger partial charge in [-0.25, -0.2) is 4.39 Å². The first-order valence-electron chi connectivity index (χ1n) is 5.91. The number of carbonyl (C=O) groups is 1. The van der Waals surface area contributed by atoms with E-state index < -0.39 is 0 Å². The number of benzene rings is 1. The first kappa shape index (κ1) is 12.6. The summed E-state index contributed by atoms with van der Waals surface area (Å²) in [6.45, 7) is 0. The maximum absolute atomic E-state index is 12.9. The van der Waals surface area contributed by atoms with Crippen molar-refractivity contribution in [2.24, 2.45) is 0 Å². The van der Waals surface area contributed by atoms with Gasteiger partial charge >= 0.3 is 0 Å². The number of aromatic amines is 1. The summed E-state index contributed by atoms with van der Waals surface area (Å²) in [6, 6.07) is 9.28. The second-order valence-corrected chi connectivity index (χ2v) is 4.62. The number of hydrogen-bond acceptors (Lipinski definition) is 2. The van der Waals surface area contributed by atoms with Crippen LogP contribution in [0.2, 0.25) is 0 Å². The fourth-order valence-electron chi connectivity index (χ4n) is 1.95. The number of nitrogens with zero attached hydrogens (tertiary/aromatic N) is 1. The predicted molar refractivity (Wildman–Crippen MR) is 78.4 cm³/mol. The summed E-state index contributed by atoms with van der Waals surface area (Å²) in [5.41, 5.74) is 1.70. The lowest BCUT2D eigenvalue weighted by molar-refractivity contribution is -0.113. The molecule has 0 bridgehead atoms. The molecule has 2 aromatic rings. The van der Waals surface area contributed by atoms with Crippen LogP contribution >= 0.6 is 12.2 Å². The number of H-pyrrole nitrogens is 1. The van der Waals surface area contributed by atoms with E-state index in [9.17, 15) is 9.18 Å². The van der Waals surface area contributed by atoms with Crippen LogP contribution in [-0.2, 0) is 4.79 Å². The first-order valence-corrected chi connectivity index (χ1v) is 6.32. The van der Waals surface area contributed by atoms with Crippen molar-refractivity contribution in [2.45, 2.75) is 0 Å². The Hall–Kier alpha value is -2.47. The highest BCUT2D eigenvalue weighted by Crippen LogP contribution is 2.22. The van der Waals surface area contributed by atoms with Crippen molar-refractivity contribution in [1.82, 2.24) is 10.3 Å². The number of thiocarbonyl (C=S) groups is 1. The smallest absolute Gasteiger partial charge is 0.281 e. The Balaban J connectivity index is 1.93. The summed E-state index contributed by atoms with van der Waals surface area (Å²) in [5, 5.41) is 3.14. The summed E-state index contributed by atoms with van der Waals surface area (Å²) in [6.07, 6.45) is 3.44. The van der Waals surface area contributed by atoms with Gasteiger partial charge in [-0.05, 0) is 54.7 Å². The van der Waals surface area contributed by atoms with Crippen molar-refractivity contribution in [2.75, 3.05) is 4.90 Å². The molecule has 3 rings (SSSR count). The van der Waals surface area contributed by atoms with E-state index in [1.54, 1.807) is 12.3 Å². The molecule has 20 heavy (non-hydrogen) atoms. The van der Waals surface area contributed by atoms with Crippen LogP contribution in [0.25, 0.3) is 6.08 Å². The van der Waals surface area contributed by atoms with Gasteiger partial charge < -0.3 is 10.3 Å². The molecule has 4 nitrogen and oxygen atoms in total. The van der Waals surface area contributed by atoms with E-state index in [1.165, 1.54) is 29.2 Å². The molecule has 0 aliphatic carbocycles. The average Bonchev–Trinajstić information content (AvgIpc) is 3.02. The monoisotopic (exact) mass is 287 g/mol. The number of anilines is 1. The first-order chi connectivity index (χ1) is 9.65. The van der Waals surface area contributed by atoms with E-state index >= 15 is 0 Å². The molecule has 2 N–H and O–H groups in total. The molecule has 1 aliphatic heterocycles. The number of amides is 1. The van der Waals surface area contributed by atoms with Crippen LogP contribution in [0.1, 0.15) is 5.69 Å². The summed E-state index contributed by atoms with van der Waals surface area (Å²) in [5.74, 6) is -0.627. The van der Waals surface area contributed by atoms with Crippen molar-refractivity contribution in [3.8, 4) is 0 Å². The predicted octanol–water partition coefficient (Wildman–Crippen LogP) is 2.42. The Labute approximate surface area is 119 Å². The zero-order chi connectivity index (χ0) is 14.1. The minimum atomic E-state index is -0.360. The van der Waals surface area contributed by atoms with Gasteiger partial charge in [0.1, 0.15) is 11.5 Å². The lowest BCUT2D eigenvalue weighted by Gasteiger charge is -2.13. The van der Waals surface area contributed by atoms with Crippen LogP contribution in [0.3, 0.4) is 0 Å². The molecular formula is C14H10FN3OS. The van der Waals surface area contributed by atoms with Gasteiger partial charge in [-0.3, -0.25) is 9.69 Å². The van der Waals surface area contributed by atoms with Crippen LogP contribution in [-0.4, -0.2) is 16.0 Å². The standard InChI is InChI=1S/C14H10FN3OS/c15-9-3-5-11(6-4-9)18-13(19)12(17-14(18)20)8-10-2-1-7-16-10/h1-8,16H,(H,17,20)/b12-8+. The summed E-state index contributed by atoms with van der Waals surface area (Å²) in [7, 11) is 0. The van der Waals surface area contributed by atoms with Gasteiger partial charge in [-0.15, -0.1) is 0 Å². The molecule has 0 unspecified atom stereocenters. The van der Waals surface area contributed by atoms with E-state index in [0.29, 0.717) is 11.4 Å². The Morgan fingerprint density at radius 1 is 1.20 bits per heavy atom. The SMILES string of the molecule is O=C1/C(=C\c2ccc[nH]2)NC(=S)N1c1ccc(F)cc1. The van der Waals surface area contributed by atoms with Gasteiger partial charge in [0, 0.05) is 11.9 Å². The third-order valence-electron chi connectivity index (χ3n) is 2.88. The number of carbonyl (C=O) groups excluding carboxylic acids is 1. The average molecular weight is 287 g/mol. The maximum Gasteiger partial charge on any atom is 0.281 e. The molecule has 1 aromatic heterocycles. The highest BCUT2D eigenvalue weighted by Gasteiger charge is 2.31. The minimum absolute atomic E-state index is 0.267. The van der Waals surface area contributed by atoms with E-state index in [-0.39, 0.29) is 16.8 Å². The van der Waals surface area contributed by atoms with E-state index in [0.717, 1.165) is 5.69 Å². The zero-order valence-electron chi connectivity index (χ0n) is 10.3. The zero-order valence-corrected chi connectivity index (χ0v) is 11.1. The van der Waals surface area contributed by atoms with Crippen molar-refractivity contribution in [1.29, 1.82) is 0 Å². The summed E-state index contributed by atoms with van der Waals surface area (Å²) in [4.78, 5) is 16.6. The fraction of sp³-hybridized carbons (Fsp3) is 0. The van der Waals surface area contributed by atoms with Crippen molar-refractivity contribution in [3.05, 3.63) is 59.8 Å². The normalized spacial score (nSPS) is 16.9. The number of halogens is 1. The number of rotatable bonds is 2. The molecule has 1 fully saturated rings. The molecule has 2 heterocycles. The van der Waals surface area contributed by atoms with Crippen molar-refractivity contribution in [3.63, 3.8) is 0 Å². The van der Waals surface area contributed by atoms with Gasteiger partial charge in [-0.1, -0.05) is 0 Å². The number of nitrogens with one attached hydrogen (secondary N) is 2. The molecule has 1 aromatic carbocycles. The van der Waals surface area contributed by atoms with E-state index in [2.05, 4.69) is 10.3 Å². The number of aromatic nitrogens is 1. The van der Waals surface area contributed by atoms with Gasteiger partial charge in [-0.2, -0.15) is 0 Å². The van der Waals surface area contributed by atoms with Crippen molar-refractivity contribution >= 4 is 35.0 Å². The minimum Gasteiger partial charge on any atom is -0.362 e. The van der Waals surface area contributed by atoms with E-state index in [1.807, 2.05) is 12.1 Å². The van der Waals surface area contributed by atoms with Crippen molar-refractivity contribution < 1.29 is 9.18 Å². The molecule has 1 amide bonds. The Kier molecular flexibility index (Phi) is 3.08. The lowest BCUT2D eigenvalue weighted by Crippen LogP contribution is -2.30. The van der Waals surface area contributed by atoms with Crippen LogP contribution in [0.15, 0.2) is 48.3 Å². The second-order valence-electron chi connectivity index (χ2n) is 4.23. The fourth-order valence-corrected chi connectivity index (χ4v) is 2.25. The highest BCUT2D eigenvalue weighted by atomic mass is 32.1. The van der Waals surface area contributed by atoms with Crippen LogP contribution < -0.4 is 10.2 Å². The largest absolute Gasteiger partial charge is 0.362 e. The molecule has 0 saturated carbocycles. The van der Waals surface area contributed by atoms with Gasteiger partial charge in [0.15, 0.2) is 5.11 Å². The topological polar surface area (TPSA) is 48.1 Å². The molecule has 0 atom stereocenters. The third kappa shape index (κ3) is 2.21. The molecule has 100 valence electrons. The highest BCUT2D eigenvalue weighted by molar-refractivity contribution is 7.80. The van der Waals surface area contributed by atoms with Gasteiger partial charge in [0.25, 0.3) is 5.91 Å². The van der Waals surface area contributed by atoms with Gasteiger partial charge in [0.05, 0.1) is 5.69 Å². The second kappa shape index (κ2) is 4.90. The van der Waals surface area contributed by atoms with Crippen LogP contribution in [0.5, 0.6) is 0 Å². The lowest BCUT2D eigenvalue weighted by atomic mass is 10.2. The molecule has 1 saturated heterocycles. The van der Waals surface area contributed by atoms with Crippen LogP contribution in [0.4, 0.5) is 10.1 Å². The molecule has 1 aliphatic rings. The third-order valence-corrected chi connectivity index (χ3v) is 3.17.